The lowest BCUT2D eigenvalue weighted by Gasteiger charge is -2.13. The third-order valence-electron chi connectivity index (χ3n) is 4.61. The van der Waals surface area contributed by atoms with Crippen molar-refractivity contribution < 1.29 is 18.4 Å². The van der Waals surface area contributed by atoms with Crippen LogP contribution in [0.25, 0.3) is 10.9 Å². The van der Waals surface area contributed by atoms with E-state index in [1.54, 1.807) is 12.3 Å². The number of halogens is 3. The van der Waals surface area contributed by atoms with Gasteiger partial charge in [0.15, 0.2) is 11.6 Å². The van der Waals surface area contributed by atoms with Crippen molar-refractivity contribution in [2.24, 2.45) is 0 Å². The van der Waals surface area contributed by atoms with Crippen molar-refractivity contribution in [1.82, 2.24) is 15.2 Å². The predicted octanol–water partition coefficient (Wildman–Crippen LogP) is 3.76. The van der Waals surface area contributed by atoms with Gasteiger partial charge in [-0.05, 0) is 29.3 Å². The van der Waals surface area contributed by atoms with Crippen LogP contribution in [0.1, 0.15) is 11.1 Å². The Labute approximate surface area is 157 Å². The molecular weight excluding hydrogens is 376 g/mol. The summed E-state index contributed by atoms with van der Waals surface area (Å²) in [5, 5.41) is 4.09. The lowest BCUT2D eigenvalue weighted by Crippen LogP contribution is -2.32. The molecule has 0 bridgehead atoms. The van der Waals surface area contributed by atoms with Crippen LogP contribution < -0.4 is 5.32 Å². The second kappa shape index (κ2) is 6.66. The number of H-pyrrole nitrogens is 1. The maximum absolute atomic E-state index is 13.4. The Bertz CT molecular complexity index is 1070. The van der Waals surface area contributed by atoms with Crippen LogP contribution in [0.4, 0.5) is 13.6 Å². The summed E-state index contributed by atoms with van der Waals surface area (Å²) in [5.74, 6) is -2.42. The van der Waals surface area contributed by atoms with Gasteiger partial charge in [-0.3, -0.25) is 9.69 Å². The number of nitrogens with one attached hydrogen (secondary N) is 2. The molecule has 0 spiro atoms. The van der Waals surface area contributed by atoms with E-state index < -0.39 is 29.6 Å². The highest BCUT2D eigenvalue weighted by Crippen LogP contribution is 2.27. The fourth-order valence-corrected chi connectivity index (χ4v) is 3.48. The van der Waals surface area contributed by atoms with Gasteiger partial charge in [0.05, 0.1) is 17.1 Å². The van der Waals surface area contributed by atoms with Crippen molar-refractivity contribution >= 4 is 34.4 Å². The number of carbonyl (C=O) groups is 2. The molecule has 2 heterocycles. The molecule has 1 aliphatic rings. The van der Waals surface area contributed by atoms with Crippen molar-refractivity contribution in [2.45, 2.75) is 19.0 Å². The van der Waals surface area contributed by atoms with Crippen LogP contribution in [0.3, 0.4) is 0 Å². The zero-order valence-corrected chi connectivity index (χ0v) is 14.7. The Kier molecular flexibility index (Phi) is 4.31. The monoisotopic (exact) mass is 389 g/mol. The maximum Gasteiger partial charge on any atom is 0.325 e. The van der Waals surface area contributed by atoms with Gasteiger partial charge < -0.3 is 10.3 Å². The van der Waals surface area contributed by atoms with E-state index in [2.05, 4.69) is 10.3 Å². The molecule has 0 radical (unpaired) electrons. The van der Waals surface area contributed by atoms with Gasteiger partial charge in [0.25, 0.3) is 5.91 Å². The highest BCUT2D eigenvalue weighted by atomic mass is 35.5. The highest BCUT2D eigenvalue weighted by molar-refractivity contribution is 6.35. The fourth-order valence-electron chi connectivity index (χ4n) is 3.25. The molecule has 2 aromatic carbocycles. The van der Waals surface area contributed by atoms with E-state index in [-0.39, 0.29) is 6.54 Å². The molecule has 4 rings (SSSR count). The van der Waals surface area contributed by atoms with E-state index in [4.69, 9.17) is 11.6 Å². The van der Waals surface area contributed by atoms with E-state index in [9.17, 15) is 18.4 Å². The number of nitrogens with zero attached hydrogens (tertiary/aromatic N) is 1. The number of hydrogen-bond donors (Lipinski definition) is 2. The number of aromatic nitrogens is 1. The first-order chi connectivity index (χ1) is 12.9. The second-order valence-corrected chi connectivity index (χ2v) is 6.76. The Morgan fingerprint density at radius 1 is 1.11 bits per heavy atom. The van der Waals surface area contributed by atoms with Crippen molar-refractivity contribution in [3.05, 3.63) is 70.4 Å². The van der Waals surface area contributed by atoms with Crippen molar-refractivity contribution in [2.75, 3.05) is 0 Å². The molecule has 1 aliphatic heterocycles. The zero-order chi connectivity index (χ0) is 19.1. The summed E-state index contributed by atoms with van der Waals surface area (Å²) in [6.45, 7) is -0.127. The first kappa shape index (κ1) is 17.5. The molecule has 0 unspecified atom stereocenters. The van der Waals surface area contributed by atoms with Gasteiger partial charge in [-0.25, -0.2) is 13.6 Å². The second-order valence-electron chi connectivity index (χ2n) is 6.36. The van der Waals surface area contributed by atoms with Crippen LogP contribution in [-0.2, 0) is 17.8 Å². The maximum atomic E-state index is 13.4. The van der Waals surface area contributed by atoms with Crippen LogP contribution in [0, 0.1) is 11.6 Å². The predicted molar refractivity (Wildman–Crippen MR) is 96.2 cm³/mol. The summed E-state index contributed by atoms with van der Waals surface area (Å²) >= 11 is 6.14. The highest BCUT2D eigenvalue weighted by Gasteiger charge is 2.38. The molecule has 27 heavy (non-hydrogen) atoms. The topological polar surface area (TPSA) is 65.2 Å². The smallest absolute Gasteiger partial charge is 0.325 e. The lowest BCUT2D eigenvalue weighted by atomic mass is 10.0. The quantitative estimate of drug-likeness (QED) is 0.667. The Morgan fingerprint density at radius 2 is 1.93 bits per heavy atom. The molecule has 3 aromatic rings. The molecule has 2 N–H and O–H groups in total. The number of imide groups is 1. The summed E-state index contributed by atoms with van der Waals surface area (Å²) in [7, 11) is 0. The van der Waals surface area contributed by atoms with Gasteiger partial charge in [-0.15, -0.1) is 0 Å². The van der Waals surface area contributed by atoms with Crippen LogP contribution >= 0.6 is 11.6 Å². The summed E-state index contributed by atoms with van der Waals surface area (Å²) in [4.78, 5) is 28.9. The summed E-state index contributed by atoms with van der Waals surface area (Å²) in [6.07, 6.45) is 2.05. The van der Waals surface area contributed by atoms with Crippen molar-refractivity contribution in [3.8, 4) is 0 Å². The Hall–Kier alpha value is -2.93. The minimum atomic E-state index is -1.02. The zero-order valence-electron chi connectivity index (χ0n) is 13.9. The van der Waals surface area contributed by atoms with Gasteiger partial charge in [-0.2, -0.15) is 0 Å². The molecule has 0 saturated carbocycles. The first-order valence-electron chi connectivity index (χ1n) is 8.24. The summed E-state index contributed by atoms with van der Waals surface area (Å²) < 4.78 is 26.4. The molecule has 1 fully saturated rings. The van der Waals surface area contributed by atoms with Crippen molar-refractivity contribution in [3.63, 3.8) is 0 Å². The average molecular weight is 390 g/mol. The number of benzene rings is 2. The minimum Gasteiger partial charge on any atom is -0.360 e. The van der Waals surface area contributed by atoms with Crippen LogP contribution in [-0.4, -0.2) is 27.9 Å². The van der Waals surface area contributed by atoms with Crippen LogP contribution in [0.15, 0.2) is 42.6 Å². The standard InChI is InChI=1S/C19H14ClF2N3O2/c20-13-3-1-2-12-11(8-23-17(12)13)7-16-18(26)25(19(27)24-16)9-10-4-5-14(21)15(22)6-10/h1-6,8,16,23H,7,9H2,(H,24,27)/t16-/m0/s1. The molecule has 1 saturated heterocycles. The number of aromatic amines is 1. The summed E-state index contributed by atoms with van der Waals surface area (Å²) in [6, 6.07) is 7.44. The van der Waals surface area contributed by atoms with Gasteiger partial charge in [-0.1, -0.05) is 29.8 Å². The van der Waals surface area contributed by atoms with E-state index in [0.717, 1.165) is 33.5 Å². The van der Waals surface area contributed by atoms with Gasteiger partial charge >= 0.3 is 6.03 Å². The SMILES string of the molecule is O=C1N[C@@H](Cc2c[nH]c3c(Cl)cccc23)C(=O)N1Cc1ccc(F)c(F)c1. The number of hydrogen-bond acceptors (Lipinski definition) is 2. The lowest BCUT2D eigenvalue weighted by molar-refractivity contribution is -0.127. The van der Waals surface area contributed by atoms with E-state index in [1.165, 1.54) is 6.07 Å². The Morgan fingerprint density at radius 3 is 2.70 bits per heavy atom. The number of rotatable bonds is 4. The Balaban J connectivity index is 1.53. The first-order valence-corrected chi connectivity index (χ1v) is 8.62. The van der Waals surface area contributed by atoms with Gasteiger partial charge in [0.2, 0.25) is 0 Å². The number of amides is 3. The summed E-state index contributed by atoms with van der Waals surface area (Å²) in [5.41, 5.74) is 1.95. The van der Waals surface area contributed by atoms with Gasteiger partial charge in [0, 0.05) is 18.0 Å². The largest absolute Gasteiger partial charge is 0.360 e. The average Bonchev–Trinajstić information content (AvgIpc) is 3.16. The number of para-hydroxylation sites is 1. The fraction of sp³-hybridized carbons (Fsp3) is 0.158. The van der Waals surface area contributed by atoms with E-state index in [1.807, 2.05) is 12.1 Å². The number of carbonyl (C=O) groups excluding carboxylic acids is 2. The van der Waals surface area contributed by atoms with E-state index in [0.29, 0.717) is 17.0 Å². The molecule has 1 aromatic heterocycles. The van der Waals surface area contributed by atoms with Gasteiger partial charge in [0.1, 0.15) is 6.04 Å². The molecule has 1 atom stereocenters. The minimum absolute atomic E-state index is 0.127. The number of fused-ring (bicyclic) bond motifs is 1. The van der Waals surface area contributed by atoms with Crippen LogP contribution in [0.5, 0.6) is 0 Å². The third kappa shape index (κ3) is 3.14. The molecule has 138 valence electrons. The number of urea groups is 1. The molecule has 8 heteroatoms. The van der Waals surface area contributed by atoms with Crippen LogP contribution in [0.2, 0.25) is 5.02 Å². The van der Waals surface area contributed by atoms with E-state index >= 15 is 0 Å². The molecule has 0 aliphatic carbocycles. The normalized spacial score (nSPS) is 17.0. The molecule has 5 nitrogen and oxygen atoms in total. The molecule has 3 amide bonds. The van der Waals surface area contributed by atoms with Crippen molar-refractivity contribution in [1.29, 1.82) is 0 Å². The molecular formula is C19H14ClF2N3O2. The third-order valence-corrected chi connectivity index (χ3v) is 4.92.